The van der Waals surface area contributed by atoms with Gasteiger partial charge in [-0.1, -0.05) is 0 Å². The molecule has 180 valence electrons. The number of phenols is 1. The molecule has 12 heteroatoms. The molecule has 2 atom stereocenters. The molecule has 2 fully saturated rings. The van der Waals surface area contributed by atoms with Crippen molar-refractivity contribution in [2.24, 2.45) is 0 Å². The second-order valence-corrected chi connectivity index (χ2v) is 8.09. The van der Waals surface area contributed by atoms with Crippen LogP contribution < -0.4 is 5.73 Å². The highest BCUT2D eigenvalue weighted by atomic mass is 19.4. The van der Waals surface area contributed by atoms with Crippen molar-refractivity contribution in [2.75, 3.05) is 32.2 Å². The number of hydrogen-bond donors (Lipinski definition) is 3. The van der Waals surface area contributed by atoms with E-state index in [1.54, 1.807) is 0 Å². The number of aromatic nitrogens is 2. The molecule has 4 heterocycles. The molecule has 0 radical (unpaired) electrons. The molecule has 3 aliphatic rings. The Labute approximate surface area is 186 Å². The van der Waals surface area contributed by atoms with Crippen molar-refractivity contribution in [1.29, 1.82) is 0 Å². The lowest BCUT2D eigenvalue weighted by Crippen LogP contribution is -2.27. The summed E-state index contributed by atoms with van der Waals surface area (Å²) >= 11 is 0. The van der Waals surface area contributed by atoms with Crippen LogP contribution in [0, 0.1) is 5.82 Å². The molecule has 0 amide bonds. The maximum Gasteiger partial charge on any atom is 0.416 e. The van der Waals surface area contributed by atoms with Gasteiger partial charge in [-0.3, -0.25) is 0 Å². The first kappa shape index (κ1) is 23.6. The van der Waals surface area contributed by atoms with Gasteiger partial charge in [-0.05, 0) is 25.0 Å². The van der Waals surface area contributed by atoms with Crippen molar-refractivity contribution in [3.05, 3.63) is 34.6 Å². The predicted molar refractivity (Wildman–Crippen MR) is 106 cm³/mol. The number of aliphatic hydroxyl groups excluding tert-OH is 1. The van der Waals surface area contributed by atoms with Crippen LogP contribution in [0.5, 0.6) is 5.75 Å². The van der Waals surface area contributed by atoms with Crippen LogP contribution in [0.3, 0.4) is 0 Å². The van der Waals surface area contributed by atoms with Crippen molar-refractivity contribution in [1.82, 2.24) is 10.2 Å². The van der Waals surface area contributed by atoms with Gasteiger partial charge in [0.15, 0.2) is 5.82 Å². The van der Waals surface area contributed by atoms with E-state index in [1.165, 1.54) is 0 Å². The number of ether oxygens (including phenoxy) is 3. The fourth-order valence-electron chi connectivity index (χ4n) is 4.19. The molecule has 5 rings (SSSR count). The number of fused-ring (bicyclic) bond motifs is 2. The van der Waals surface area contributed by atoms with Gasteiger partial charge >= 0.3 is 6.18 Å². The van der Waals surface area contributed by atoms with Crippen LogP contribution in [0.2, 0.25) is 0 Å². The van der Waals surface area contributed by atoms with Crippen molar-refractivity contribution in [3.8, 4) is 17.0 Å². The van der Waals surface area contributed by atoms with E-state index >= 15 is 0 Å². The van der Waals surface area contributed by atoms with Gasteiger partial charge < -0.3 is 30.2 Å². The lowest BCUT2D eigenvalue weighted by Gasteiger charge is -2.22. The molecule has 1 spiro atoms. The maximum atomic E-state index is 14.4. The number of anilines is 1. The molecule has 0 saturated carbocycles. The Hall–Kier alpha value is -2.54. The molecule has 4 N–H and O–H groups in total. The average Bonchev–Trinajstić information content (AvgIpc) is 3.38. The number of nitrogens with two attached hydrogens (primary N) is 1. The summed E-state index contributed by atoms with van der Waals surface area (Å²) in [4.78, 5) is 0. The zero-order valence-electron chi connectivity index (χ0n) is 17.5. The number of aromatic hydroxyl groups is 1. The van der Waals surface area contributed by atoms with E-state index in [0.29, 0.717) is 42.9 Å². The minimum Gasteiger partial charge on any atom is -0.507 e. The Balaban J connectivity index is 0.000000318. The summed E-state index contributed by atoms with van der Waals surface area (Å²) < 4.78 is 68.9. The molecule has 1 aromatic carbocycles. The van der Waals surface area contributed by atoms with Crippen LogP contribution in [0.25, 0.3) is 11.3 Å². The normalized spacial score (nSPS) is 24.5. The number of hydrogen-bond acceptors (Lipinski definition) is 8. The quantitative estimate of drug-likeness (QED) is 0.541. The minimum atomic E-state index is -4.79. The fraction of sp³-hybridized carbons (Fsp3) is 0.524. The van der Waals surface area contributed by atoms with Gasteiger partial charge in [0.1, 0.15) is 22.9 Å². The highest BCUT2D eigenvalue weighted by molar-refractivity contribution is 5.74. The fourth-order valence-corrected chi connectivity index (χ4v) is 4.19. The minimum absolute atomic E-state index is 0.00759. The number of alkyl halides is 3. The Bertz CT molecular complexity index is 999. The van der Waals surface area contributed by atoms with Gasteiger partial charge in [-0.2, -0.15) is 13.2 Å². The smallest absolute Gasteiger partial charge is 0.416 e. The van der Waals surface area contributed by atoms with Crippen LogP contribution in [0.4, 0.5) is 23.4 Å². The van der Waals surface area contributed by atoms with Gasteiger partial charge in [0, 0.05) is 30.8 Å². The number of nitrogen functional groups attached to an aromatic ring is 1. The van der Waals surface area contributed by atoms with Crippen LogP contribution in [0.15, 0.2) is 12.1 Å². The Morgan fingerprint density at radius 2 is 1.94 bits per heavy atom. The van der Waals surface area contributed by atoms with E-state index in [4.69, 9.17) is 25.1 Å². The van der Waals surface area contributed by atoms with Crippen molar-refractivity contribution >= 4 is 5.82 Å². The summed E-state index contributed by atoms with van der Waals surface area (Å²) in [5.74, 6) is -2.07. The summed E-state index contributed by atoms with van der Waals surface area (Å²) in [5.41, 5.74) is 4.09. The van der Waals surface area contributed by atoms with Crippen LogP contribution in [-0.2, 0) is 32.6 Å². The molecular formula is C21H23F4N3O5. The molecule has 1 aromatic heterocycles. The van der Waals surface area contributed by atoms with Gasteiger partial charge in [0.2, 0.25) is 0 Å². The Morgan fingerprint density at radius 1 is 1.15 bits per heavy atom. The third kappa shape index (κ3) is 4.60. The lowest BCUT2D eigenvalue weighted by atomic mass is 9.90. The summed E-state index contributed by atoms with van der Waals surface area (Å²) in [6.07, 6.45) is -2.54. The molecule has 3 aliphatic heterocycles. The highest BCUT2D eigenvalue weighted by Gasteiger charge is 2.47. The SMILES string of the molecule is Nc1nnc(-c2c(O)cc(C(F)(F)F)cc2F)c2c1C1(CCOC1)OC2.OC1CCCOC1. The molecule has 0 aliphatic carbocycles. The summed E-state index contributed by atoms with van der Waals surface area (Å²) in [6, 6.07) is 0.761. The Kier molecular flexibility index (Phi) is 6.45. The largest absolute Gasteiger partial charge is 0.507 e. The predicted octanol–water partition coefficient (Wildman–Crippen LogP) is 2.89. The molecule has 2 aromatic rings. The molecule has 0 bridgehead atoms. The first-order valence-electron chi connectivity index (χ1n) is 10.4. The standard InChI is InChI=1S/C16H13F4N3O3.C5H10O2/c17-9-3-7(16(18,19)20)4-10(24)11(9)13-8-5-26-15(1-2-25-6-15)12(8)14(21)23-22-13;6-5-2-1-3-7-4-5/h3-4,24H,1-2,5-6H2,(H2,21,23);5-6H,1-4H2. The monoisotopic (exact) mass is 473 g/mol. The van der Waals surface area contributed by atoms with E-state index in [2.05, 4.69) is 10.2 Å². The summed E-state index contributed by atoms with van der Waals surface area (Å²) in [6.45, 7) is 2.05. The first-order chi connectivity index (χ1) is 15.6. The number of phenolic OH excluding ortho intramolecular Hbond substituents is 1. The topological polar surface area (TPSA) is 120 Å². The van der Waals surface area contributed by atoms with Gasteiger partial charge in [-0.15, -0.1) is 10.2 Å². The zero-order valence-corrected chi connectivity index (χ0v) is 17.5. The number of aliphatic hydroxyl groups is 1. The second kappa shape index (κ2) is 9.01. The number of rotatable bonds is 1. The van der Waals surface area contributed by atoms with Gasteiger partial charge in [0.25, 0.3) is 0 Å². The number of halogens is 4. The summed E-state index contributed by atoms with van der Waals surface area (Å²) in [7, 11) is 0. The van der Waals surface area contributed by atoms with E-state index in [0.717, 1.165) is 19.4 Å². The van der Waals surface area contributed by atoms with Crippen LogP contribution >= 0.6 is 0 Å². The van der Waals surface area contributed by atoms with Crippen molar-refractivity contribution in [3.63, 3.8) is 0 Å². The second-order valence-electron chi connectivity index (χ2n) is 8.09. The van der Waals surface area contributed by atoms with E-state index < -0.39 is 34.5 Å². The lowest BCUT2D eigenvalue weighted by molar-refractivity contribution is -0.137. The number of nitrogens with zero attached hydrogens (tertiary/aromatic N) is 2. The summed E-state index contributed by atoms with van der Waals surface area (Å²) in [5, 5.41) is 26.4. The maximum absolute atomic E-state index is 14.4. The molecule has 2 saturated heterocycles. The molecule has 2 unspecified atom stereocenters. The Morgan fingerprint density at radius 3 is 2.48 bits per heavy atom. The van der Waals surface area contributed by atoms with Gasteiger partial charge in [0.05, 0.1) is 37.1 Å². The van der Waals surface area contributed by atoms with E-state index in [1.807, 2.05) is 0 Å². The third-order valence-corrected chi connectivity index (χ3v) is 5.81. The van der Waals surface area contributed by atoms with Crippen LogP contribution in [-0.4, -0.2) is 52.9 Å². The van der Waals surface area contributed by atoms with Gasteiger partial charge in [-0.25, -0.2) is 4.39 Å². The molecule has 33 heavy (non-hydrogen) atoms. The van der Waals surface area contributed by atoms with E-state index in [9.17, 15) is 22.7 Å². The van der Waals surface area contributed by atoms with Crippen molar-refractivity contribution < 1.29 is 42.0 Å². The average molecular weight is 473 g/mol. The van der Waals surface area contributed by atoms with Crippen molar-refractivity contribution in [2.45, 2.75) is 43.8 Å². The van der Waals surface area contributed by atoms with Crippen LogP contribution in [0.1, 0.15) is 36.0 Å². The zero-order chi connectivity index (χ0) is 23.8. The molecule has 8 nitrogen and oxygen atoms in total. The van der Waals surface area contributed by atoms with E-state index in [-0.39, 0.29) is 30.8 Å². The first-order valence-corrected chi connectivity index (χ1v) is 10.4. The highest BCUT2D eigenvalue weighted by Crippen LogP contribution is 2.48. The third-order valence-electron chi connectivity index (χ3n) is 5.81. The molecular weight excluding hydrogens is 450 g/mol. The number of benzene rings is 1.